The van der Waals surface area contributed by atoms with E-state index in [-0.39, 0.29) is 5.91 Å². The largest absolute Gasteiger partial charge is 0.357 e. The Morgan fingerprint density at radius 2 is 1.82 bits per heavy atom. The zero-order valence-corrected chi connectivity index (χ0v) is 20.7. The maximum absolute atomic E-state index is 12.4. The Labute approximate surface area is 201 Å². The number of rotatable bonds is 11. The predicted molar refractivity (Wildman–Crippen MR) is 136 cm³/mol. The van der Waals surface area contributed by atoms with Gasteiger partial charge in [0.1, 0.15) is 5.82 Å². The van der Waals surface area contributed by atoms with E-state index in [0.717, 1.165) is 46.8 Å². The molecule has 0 atom stereocenters. The van der Waals surface area contributed by atoms with E-state index in [4.69, 9.17) is 9.97 Å². The van der Waals surface area contributed by atoms with Crippen LogP contribution >= 0.6 is 11.8 Å². The normalized spacial score (nSPS) is 10.9. The quantitative estimate of drug-likeness (QED) is 0.315. The third-order valence-corrected chi connectivity index (χ3v) is 6.29. The van der Waals surface area contributed by atoms with Gasteiger partial charge >= 0.3 is 0 Å². The second-order valence-electron chi connectivity index (χ2n) is 8.07. The van der Waals surface area contributed by atoms with E-state index >= 15 is 0 Å². The molecule has 0 unspecified atom stereocenters. The zero-order chi connectivity index (χ0) is 23.6. The molecule has 1 aromatic carbocycles. The van der Waals surface area contributed by atoms with Crippen LogP contribution in [0.15, 0.2) is 59.9 Å². The first-order valence-electron chi connectivity index (χ1n) is 11.5. The van der Waals surface area contributed by atoms with Crippen molar-refractivity contribution in [2.45, 2.75) is 50.9 Å². The molecule has 1 N–H and O–H groups in total. The molecule has 0 saturated carbocycles. The number of benzene rings is 1. The van der Waals surface area contributed by atoms with Crippen molar-refractivity contribution in [2.24, 2.45) is 0 Å². The third-order valence-electron chi connectivity index (χ3n) is 5.37. The summed E-state index contributed by atoms with van der Waals surface area (Å²) in [5.41, 5.74) is 3.82. The van der Waals surface area contributed by atoms with Crippen LogP contribution in [0.4, 0.5) is 5.82 Å². The molecule has 0 fully saturated rings. The Balaban J connectivity index is 1.58. The van der Waals surface area contributed by atoms with Crippen molar-refractivity contribution < 1.29 is 4.79 Å². The van der Waals surface area contributed by atoms with Crippen LogP contribution in [-0.2, 0) is 12.2 Å². The monoisotopic (exact) mass is 463 g/mol. The van der Waals surface area contributed by atoms with Crippen LogP contribution in [0.5, 0.6) is 0 Å². The summed E-state index contributed by atoms with van der Waals surface area (Å²) in [5, 5.41) is 3.75. The summed E-state index contributed by atoms with van der Waals surface area (Å²) >= 11 is 1.63. The highest BCUT2D eigenvalue weighted by Gasteiger charge is 2.12. The molecular formula is C26H33N5OS. The van der Waals surface area contributed by atoms with Gasteiger partial charge in [0.2, 0.25) is 0 Å². The Morgan fingerprint density at radius 1 is 1.06 bits per heavy atom. The molecule has 0 aliphatic carbocycles. The lowest BCUT2D eigenvalue weighted by Gasteiger charge is -2.21. The van der Waals surface area contributed by atoms with Gasteiger partial charge in [-0.15, -0.1) is 0 Å². The van der Waals surface area contributed by atoms with Crippen LogP contribution in [0.1, 0.15) is 60.9 Å². The number of aromatic nitrogens is 3. The molecule has 0 spiro atoms. The summed E-state index contributed by atoms with van der Waals surface area (Å²) < 4.78 is 0. The fourth-order valence-electron chi connectivity index (χ4n) is 3.35. The molecule has 174 valence electrons. The van der Waals surface area contributed by atoms with Crippen molar-refractivity contribution in [3.05, 3.63) is 77.2 Å². The third kappa shape index (κ3) is 7.29. The van der Waals surface area contributed by atoms with Gasteiger partial charge in [0.15, 0.2) is 5.16 Å². The smallest absolute Gasteiger partial charge is 0.251 e. The number of pyridine rings is 1. The van der Waals surface area contributed by atoms with E-state index in [0.29, 0.717) is 24.4 Å². The fraction of sp³-hybridized carbons (Fsp3) is 0.385. The number of thioether (sulfide) groups is 1. The Kier molecular flexibility index (Phi) is 9.24. The molecule has 33 heavy (non-hydrogen) atoms. The van der Waals surface area contributed by atoms with Crippen molar-refractivity contribution in [3.8, 4) is 0 Å². The van der Waals surface area contributed by atoms with Gasteiger partial charge in [0.25, 0.3) is 5.91 Å². The van der Waals surface area contributed by atoms with Crippen molar-refractivity contribution in [1.29, 1.82) is 0 Å². The minimum absolute atomic E-state index is 0.0676. The van der Waals surface area contributed by atoms with Gasteiger partial charge in [-0.2, -0.15) is 0 Å². The van der Waals surface area contributed by atoms with E-state index in [2.05, 4.69) is 49.0 Å². The minimum atomic E-state index is -0.0676. The maximum Gasteiger partial charge on any atom is 0.251 e. The summed E-state index contributed by atoms with van der Waals surface area (Å²) in [7, 11) is 0. The molecule has 0 saturated heterocycles. The first-order chi connectivity index (χ1) is 16.0. The zero-order valence-electron chi connectivity index (χ0n) is 19.9. The summed E-state index contributed by atoms with van der Waals surface area (Å²) in [5.74, 6) is 2.01. The first-order valence-corrected chi connectivity index (χ1v) is 12.5. The summed E-state index contributed by atoms with van der Waals surface area (Å²) in [6.07, 6.45) is 2.48. The van der Waals surface area contributed by atoms with Gasteiger partial charge in [0, 0.05) is 61.0 Å². The van der Waals surface area contributed by atoms with E-state index in [9.17, 15) is 4.79 Å². The average Bonchev–Trinajstić information content (AvgIpc) is 2.84. The lowest BCUT2D eigenvalue weighted by Crippen LogP contribution is -2.25. The van der Waals surface area contributed by atoms with Gasteiger partial charge in [0.05, 0.1) is 0 Å². The number of hydrogen-bond donors (Lipinski definition) is 1. The number of amides is 1. The van der Waals surface area contributed by atoms with Gasteiger partial charge in [-0.25, -0.2) is 9.97 Å². The number of hydrogen-bond acceptors (Lipinski definition) is 6. The van der Waals surface area contributed by atoms with E-state index in [1.54, 1.807) is 18.0 Å². The minimum Gasteiger partial charge on any atom is -0.357 e. The van der Waals surface area contributed by atoms with Crippen molar-refractivity contribution in [2.75, 3.05) is 24.5 Å². The van der Waals surface area contributed by atoms with Gasteiger partial charge < -0.3 is 10.2 Å². The lowest BCUT2D eigenvalue weighted by molar-refractivity contribution is 0.0954. The Hall–Kier alpha value is -2.93. The van der Waals surface area contributed by atoms with Gasteiger partial charge in [-0.05, 0) is 49.6 Å². The molecule has 0 bridgehead atoms. The molecule has 7 heteroatoms. The first kappa shape index (κ1) is 24.7. The fourth-order valence-corrected chi connectivity index (χ4v) is 4.17. The molecule has 0 aliphatic rings. The average molecular weight is 464 g/mol. The number of anilines is 1. The van der Waals surface area contributed by atoms with Gasteiger partial charge in [-0.3, -0.25) is 9.78 Å². The number of carbonyl (C=O) groups is 1. The SMILES string of the molecule is CCN(CC)c1cc(C(C)C)nc(SCc2ccc(C(=O)NCCc3ccccn3)cc2)n1. The summed E-state index contributed by atoms with van der Waals surface area (Å²) in [6, 6.07) is 15.6. The van der Waals surface area contributed by atoms with Crippen LogP contribution in [0.25, 0.3) is 0 Å². The number of nitrogens with zero attached hydrogens (tertiary/aromatic N) is 4. The lowest BCUT2D eigenvalue weighted by atomic mass is 10.1. The van der Waals surface area contributed by atoms with Crippen LogP contribution in [0.2, 0.25) is 0 Å². The summed E-state index contributed by atoms with van der Waals surface area (Å²) in [4.78, 5) is 28.5. The predicted octanol–water partition coefficient (Wildman–Crippen LogP) is 5.11. The number of nitrogens with one attached hydrogen (secondary N) is 1. The van der Waals surface area contributed by atoms with E-state index in [1.807, 2.05) is 42.5 Å². The summed E-state index contributed by atoms with van der Waals surface area (Å²) in [6.45, 7) is 11.0. The van der Waals surface area contributed by atoms with E-state index < -0.39 is 0 Å². The molecule has 2 heterocycles. The molecule has 0 aliphatic heterocycles. The van der Waals surface area contributed by atoms with Crippen molar-refractivity contribution in [3.63, 3.8) is 0 Å². The maximum atomic E-state index is 12.4. The molecule has 6 nitrogen and oxygen atoms in total. The van der Waals surface area contributed by atoms with Crippen LogP contribution in [0, 0.1) is 0 Å². The molecule has 2 aromatic heterocycles. The Morgan fingerprint density at radius 3 is 2.45 bits per heavy atom. The molecule has 1 amide bonds. The highest BCUT2D eigenvalue weighted by molar-refractivity contribution is 7.98. The molecular weight excluding hydrogens is 430 g/mol. The molecule has 3 rings (SSSR count). The topological polar surface area (TPSA) is 71.0 Å². The van der Waals surface area contributed by atoms with Gasteiger partial charge in [-0.1, -0.05) is 43.8 Å². The Bertz CT molecular complexity index is 1020. The highest BCUT2D eigenvalue weighted by Crippen LogP contribution is 2.25. The van der Waals surface area contributed by atoms with E-state index in [1.165, 1.54) is 0 Å². The second kappa shape index (κ2) is 12.3. The van der Waals surface area contributed by atoms with Crippen LogP contribution in [-0.4, -0.2) is 40.5 Å². The number of carbonyl (C=O) groups excluding carboxylic acids is 1. The molecule has 0 radical (unpaired) electrons. The highest BCUT2D eigenvalue weighted by atomic mass is 32.2. The van der Waals surface area contributed by atoms with Crippen molar-refractivity contribution in [1.82, 2.24) is 20.3 Å². The standard InChI is InChI=1S/C26H33N5OS/c1-5-31(6-2)24-17-23(19(3)4)29-26(30-24)33-18-20-10-12-21(13-11-20)25(32)28-16-14-22-9-7-8-15-27-22/h7-13,15,17,19H,5-6,14,16,18H2,1-4H3,(H,28,32). The van der Waals surface area contributed by atoms with Crippen LogP contribution < -0.4 is 10.2 Å². The van der Waals surface area contributed by atoms with Crippen molar-refractivity contribution >= 4 is 23.5 Å². The second-order valence-corrected chi connectivity index (χ2v) is 9.02. The van der Waals surface area contributed by atoms with Crippen LogP contribution in [0.3, 0.4) is 0 Å². The molecule has 3 aromatic rings.